The topological polar surface area (TPSA) is 41.8 Å². The van der Waals surface area contributed by atoms with Crippen molar-refractivity contribution in [3.63, 3.8) is 0 Å². The molecule has 21 heavy (non-hydrogen) atoms. The van der Waals surface area contributed by atoms with E-state index in [2.05, 4.69) is 34.1 Å². The van der Waals surface area contributed by atoms with Gasteiger partial charge in [-0.25, -0.2) is 0 Å². The monoisotopic (exact) mass is 345 g/mol. The van der Waals surface area contributed by atoms with Crippen LogP contribution < -0.4 is 10.6 Å². The van der Waals surface area contributed by atoms with Gasteiger partial charge in [-0.1, -0.05) is 64.5 Å². The van der Waals surface area contributed by atoms with Crippen LogP contribution in [0.3, 0.4) is 0 Å². The Balaban J connectivity index is 2.14. The van der Waals surface area contributed by atoms with Gasteiger partial charge in [-0.15, -0.1) is 0 Å². The molecule has 1 heterocycles. The molecule has 2 aromatic rings. The van der Waals surface area contributed by atoms with Gasteiger partial charge in [0.1, 0.15) is 5.54 Å². The lowest BCUT2D eigenvalue weighted by Gasteiger charge is -2.27. The zero-order chi connectivity index (χ0) is 14.7. The van der Waals surface area contributed by atoms with Crippen LogP contribution in [0.5, 0.6) is 0 Å². The lowest BCUT2D eigenvalue weighted by atomic mass is 9.91. The van der Waals surface area contributed by atoms with Crippen LogP contribution in [0.2, 0.25) is 0 Å². The minimum Gasteiger partial charge on any atom is -0.394 e. The Labute approximate surface area is 131 Å². The van der Waals surface area contributed by atoms with Crippen LogP contribution in [0.1, 0.15) is 5.56 Å². The van der Waals surface area contributed by atoms with Crippen LogP contribution in [0.15, 0.2) is 59.6 Å². The highest BCUT2D eigenvalue weighted by atomic mass is 79.9. The number of halogens is 1. The number of para-hydroxylation sites is 1. The molecule has 0 aliphatic carbocycles. The van der Waals surface area contributed by atoms with E-state index in [0.717, 1.165) is 20.6 Å². The molecule has 0 aromatic heterocycles. The number of hydrogen-bond acceptors (Lipinski definition) is 3. The third-order valence-corrected chi connectivity index (χ3v) is 4.70. The van der Waals surface area contributed by atoms with Crippen molar-refractivity contribution in [2.75, 3.05) is 19.8 Å². The smallest absolute Gasteiger partial charge is 0.142 e. The van der Waals surface area contributed by atoms with Crippen molar-refractivity contribution in [3.05, 3.63) is 70.7 Å². The van der Waals surface area contributed by atoms with Gasteiger partial charge in [-0.05, 0) is 11.6 Å². The maximum atomic E-state index is 8.96. The first-order valence-corrected chi connectivity index (χ1v) is 7.66. The van der Waals surface area contributed by atoms with Crippen LogP contribution in [0, 0.1) is 0 Å². The Kier molecular flexibility index (Phi) is 4.19. The van der Waals surface area contributed by atoms with Gasteiger partial charge in [0.2, 0.25) is 0 Å². The molecule has 3 nitrogen and oxygen atoms in total. The van der Waals surface area contributed by atoms with Crippen LogP contribution in [0.25, 0.3) is 4.48 Å². The van der Waals surface area contributed by atoms with E-state index < -0.39 is 5.54 Å². The highest BCUT2D eigenvalue weighted by molar-refractivity contribution is 9.15. The normalized spacial score (nSPS) is 20.2. The van der Waals surface area contributed by atoms with E-state index in [-0.39, 0.29) is 6.61 Å². The van der Waals surface area contributed by atoms with Gasteiger partial charge in [0.25, 0.3) is 0 Å². The van der Waals surface area contributed by atoms with E-state index in [0.29, 0.717) is 13.2 Å². The fourth-order valence-corrected chi connectivity index (χ4v) is 3.37. The summed E-state index contributed by atoms with van der Waals surface area (Å²) in [6.07, 6.45) is 0. The first kappa shape index (κ1) is 14.4. The van der Waals surface area contributed by atoms with Gasteiger partial charge in [0.05, 0.1) is 25.2 Å². The quantitative estimate of drug-likeness (QED) is 0.838. The molecule has 0 saturated heterocycles. The standard InChI is InChI=1S/C17H16BrNO2/c18-16-14-8-4-5-9-15(14)19-17(16,12-21-11-10-20)13-6-2-1-3-7-13/h1-9,20H,10-12H2. The van der Waals surface area contributed by atoms with Gasteiger partial charge in [0.15, 0.2) is 0 Å². The fourth-order valence-electron chi connectivity index (χ4n) is 2.60. The molecule has 1 atom stereocenters. The number of ether oxygens (including phenoxy) is 1. The lowest BCUT2D eigenvalue weighted by molar-refractivity contribution is 0.0715. The van der Waals surface area contributed by atoms with E-state index in [1.807, 2.05) is 36.4 Å². The molecule has 0 fully saturated rings. The highest BCUT2D eigenvalue weighted by Crippen LogP contribution is 2.39. The van der Waals surface area contributed by atoms with E-state index in [1.165, 1.54) is 0 Å². The van der Waals surface area contributed by atoms with Crippen LogP contribution >= 0.6 is 15.9 Å². The predicted molar refractivity (Wildman–Crippen MR) is 85.6 cm³/mol. The Morgan fingerprint density at radius 1 is 1.05 bits per heavy atom. The summed E-state index contributed by atoms with van der Waals surface area (Å²) in [5, 5.41) is 11.0. The number of nitrogens with zero attached hydrogens (tertiary/aromatic N) is 1. The first-order valence-electron chi connectivity index (χ1n) is 6.87. The molecule has 1 aliphatic rings. The second kappa shape index (κ2) is 6.10. The molecule has 108 valence electrons. The lowest BCUT2D eigenvalue weighted by Crippen LogP contribution is -2.30. The van der Waals surface area contributed by atoms with Crippen molar-refractivity contribution in [3.8, 4) is 0 Å². The van der Waals surface area contributed by atoms with Crippen molar-refractivity contribution in [1.82, 2.24) is 0 Å². The molecule has 4 heteroatoms. The second-order valence-electron chi connectivity index (χ2n) is 4.95. The van der Waals surface area contributed by atoms with Gasteiger partial charge >= 0.3 is 0 Å². The van der Waals surface area contributed by atoms with Gasteiger partial charge in [-0.2, -0.15) is 0 Å². The summed E-state index contributed by atoms with van der Waals surface area (Å²) in [5.41, 5.74) is 0.506. The molecule has 1 unspecified atom stereocenters. The summed E-state index contributed by atoms with van der Waals surface area (Å²) >= 11 is 3.73. The molecule has 3 rings (SSSR count). The average molecular weight is 346 g/mol. The molecular weight excluding hydrogens is 330 g/mol. The Morgan fingerprint density at radius 3 is 2.48 bits per heavy atom. The fraction of sp³-hybridized carbons (Fsp3) is 0.235. The predicted octanol–water partition coefficient (Wildman–Crippen LogP) is 1.73. The Bertz CT molecular complexity index is 745. The van der Waals surface area contributed by atoms with E-state index in [9.17, 15) is 0 Å². The van der Waals surface area contributed by atoms with E-state index >= 15 is 0 Å². The number of aliphatic hydroxyl groups excluding tert-OH is 1. The molecule has 1 N–H and O–H groups in total. The summed E-state index contributed by atoms with van der Waals surface area (Å²) in [6, 6.07) is 18.2. The third-order valence-electron chi connectivity index (χ3n) is 3.61. The molecule has 2 aromatic carbocycles. The Morgan fingerprint density at radius 2 is 1.76 bits per heavy atom. The summed E-state index contributed by atoms with van der Waals surface area (Å²) in [4.78, 5) is 4.92. The summed E-state index contributed by atoms with van der Waals surface area (Å²) in [5.74, 6) is 0. The van der Waals surface area contributed by atoms with Crippen LogP contribution in [-0.4, -0.2) is 24.9 Å². The van der Waals surface area contributed by atoms with Crippen molar-refractivity contribution < 1.29 is 9.84 Å². The summed E-state index contributed by atoms with van der Waals surface area (Å²) in [7, 11) is 0. The highest BCUT2D eigenvalue weighted by Gasteiger charge is 2.38. The minimum atomic E-state index is -0.569. The van der Waals surface area contributed by atoms with Crippen molar-refractivity contribution >= 4 is 20.4 Å². The second-order valence-corrected chi connectivity index (χ2v) is 5.74. The van der Waals surface area contributed by atoms with E-state index in [4.69, 9.17) is 14.8 Å². The molecule has 0 saturated carbocycles. The number of fused-ring (bicyclic) bond motifs is 1. The first-order chi connectivity index (χ1) is 10.3. The van der Waals surface area contributed by atoms with Gasteiger partial charge in [0, 0.05) is 9.70 Å². The molecule has 1 aliphatic heterocycles. The van der Waals surface area contributed by atoms with Crippen molar-refractivity contribution in [2.24, 2.45) is 4.99 Å². The number of rotatable bonds is 5. The van der Waals surface area contributed by atoms with Gasteiger partial charge < -0.3 is 9.84 Å². The Hall–Kier alpha value is -1.49. The molecular formula is C17H16BrNO2. The maximum Gasteiger partial charge on any atom is 0.142 e. The molecule has 0 bridgehead atoms. The molecule has 0 radical (unpaired) electrons. The minimum absolute atomic E-state index is 0.00936. The summed E-state index contributed by atoms with van der Waals surface area (Å²) < 4.78 is 6.64. The number of hydrogen-bond donors (Lipinski definition) is 1. The number of benzene rings is 2. The number of aliphatic hydroxyl groups is 1. The van der Waals surface area contributed by atoms with Crippen LogP contribution in [-0.2, 0) is 10.3 Å². The van der Waals surface area contributed by atoms with Crippen molar-refractivity contribution in [1.29, 1.82) is 0 Å². The summed E-state index contributed by atoms with van der Waals surface area (Å²) in [6.45, 7) is 0.711. The molecule has 0 spiro atoms. The van der Waals surface area contributed by atoms with Crippen LogP contribution in [0.4, 0.5) is 0 Å². The van der Waals surface area contributed by atoms with Gasteiger partial charge in [-0.3, -0.25) is 4.99 Å². The zero-order valence-electron chi connectivity index (χ0n) is 11.5. The third kappa shape index (κ3) is 2.55. The molecule has 0 amide bonds. The zero-order valence-corrected chi connectivity index (χ0v) is 13.1. The maximum absolute atomic E-state index is 8.96. The van der Waals surface area contributed by atoms with E-state index in [1.54, 1.807) is 0 Å². The largest absolute Gasteiger partial charge is 0.394 e. The van der Waals surface area contributed by atoms with Crippen molar-refractivity contribution in [2.45, 2.75) is 5.54 Å². The SMILES string of the molecule is OCCOCC1(c2ccccc2)N=c2ccccc2=C1Br. The average Bonchev–Trinajstić information content (AvgIpc) is 2.83.